The van der Waals surface area contributed by atoms with Crippen LogP contribution < -0.4 is 5.32 Å². The van der Waals surface area contributed by atoms with Gasteiger partial charge in [0.15, 0.2) is 0 Å². The number of benzene rings is 1. The molecule has 1 aliphatic heterocycles. The van der Waals surface area contributed by atoms with Crippen LogP contribution in [0.1, 0.15) is 17.2 Å². The normalized spacial score (nSPS) is 22.3. The van der Waals surface area contributed by atoms with Gasteiger partial charge in [0.1, 0.15) is 5.82 Å². The molecule has 1 aromatic rings. The number of morpholine rings is 1. The van der Waals surface area contributed by atoms with E-state index in [2.05, 4.69) is 5.32 Å². The minimum absolute atomic E-state index is 0.137. The highest BCUT2D eigenvalue weighted by Gasteiger charge is 2.15. The van der Waals surface area contributed by atoms with Crippen molar-refractivity contribution < 1.29 is 9.13 Å². The number of ether oxygens (including phenoxy) is 1. The Hall–Kier alpha value is -0.930. The zero-order valence-electron chi connectivity index (χ0n) is 8.22. The second kappa shape index (κ2) is 4.07. The van der Waals surface area contributed by atoms with Crippen LogP contribution in [0.4, 0.5) is 4.39 Å². The molecule has 1 fully saturated rings. The van der Waals surface area contributed by atoms with Crippen LogP contribution in [0.5, 0.6) is 0 Å². The Labute approximate surface area is 83.1 Å². The number of halogens is 1. The molecule has 14 heavy (non-hydrogen) atoms. The van der Waals surface area contributed by atoms with Gasteiger partial charge in [-0.15, -0.1) is 0 Å². The topological polar surface area (TPSA) is 21.3 Å². The van der Waals surface area contributed by atoms with Crippen molar-refractivity contribution in [2.75, 3.05) is 19.8 Å². The van der Waals surface area contributed by atoms with Crippen molar-refractivity contribution in [1.82, 2.24) is 5.32 Å². The largest absolute Gasteiger partial charge is 0.378 e. The van der Waals surface area contributed by atoms with Crippen LogP contribution in [0.25, 0.3) is 0 Å². The van der Waals surface area contributed by atoms with Crippen molar-refractivity contribution in [2.24, 2.45) is 0 Å². The maximum Gasteiger partial charge on any atom is 0.123 e. The first-order chi connectivity index (χ1) is 6.75. The molecule has 1 atom stereocenters. The number of aryl methyl sites for hydroxylation is 1. The fraction of sp³-hybridized carbons (Fsp3) is 0.455. The van der Waals surface area contributed by atoms with Crippen molar-refractivity contribution in [3.63, 3.8) is 0 Å². The molecule has 0 radical (unpaired) electrons. The zero-order valence-corrected chi connectivity index (χ0v) is 8.22. The van der Waals surface area contributed by atoms with Gasteiger partial charge >= 0.3 is 0 Å². The summed E-state index contributed by atoms with van der Waals surface area (Å²) in [6.45, 7) is 4.10. The summed E-state index contributed by atoms with van der Waals surface area (Å²) in [4.78, 5) is 0. The number of hydrogen-bond acceptors (Lipinski definition) is 2. The van der Waals surface area contributed by atoms with Crippen molar-refractivity contribution in [3.05, 3.63) is 35.1 Å². The van der Waals surface area contributed by atoms with Gasteiger partial charge in [0.25, 0.3) is 0 Å². The van der Waals surface area contributed by atoms with Gasteiger partial charge in [0.2, 0.25) is 0 Å². The first kappa shape index (κ1) is 9.62. The van der Waals surface area contributed by atoms with E-state index in [9.17, 15) is 4.39 Å². The molecule has 2 rings (SSSR count). The summed E-state index contributed by atoms with van der Waals surface area (Å²) in [6.07, 6.45) is 0. The molecule has 0 bridgehead atoms. The summed E-state index contributed by atoms with van der Waals surface area (Å²) in [5, 5.41) is 3.30. The Morgan fingerprint density at radius 1 is 1.43 bits per heavy atom. The number of nitrogens with one attached hydrogen (secondary N) is 1. The van der Waals surface area contributed by atoms with Crippen LogP contribution in [0.3, 0.4) is 0 Å². The molecule has 0 saturated carbocycles. The van der Waals surface area contributed by atoms with Gasteiger partial charge in [0, 0.05) is 6.54 Å². The van der Waals surface area contributed by atoms with Crippen LogP contribution in [-0.4, -0.2) is 19.8 Å². The smallest absolute Gasteiger partial charge is 0.123 e. The van der Waals surface area contributed by atoms with E-state index in [1.807, 2.05) is 13.0 Å². The summed E-state index contributed by atoms with van der Waals surface area (Å²) < 4.78 is 18.4. The molecule has 0 aliphatic carbocycles. The van der Waals surface area contributed by atoms with E-state index in [1.54, 1.807) is 6.07 Å². The lowest BCUT2D eigenvalue weighted by Crippen LogP contribution is -2.34. The van der Waals surface area contributed by atoms with Gasteiger partial charge in [-0.05, 0) is 30.2 Å². The number of hydrogen-bond donors (Lipinski definition) is 1. The van der Waals surface area contributed by atoms with Gasteiger partial charge in [0.05, 0.1) is 19.3 Å². The molecular formula is C11H14FNO. The van der Waals surface area contributed by atoms with Gasteiger partial charge in [-0.2, -0.15) is 0 Å². The molecule has 3 heteroatoms. The van der Waals surface area contributed by atoms with E-state index < -0.39 is 0 Å². The van der Waals surface area contributed by atoms with Crippen molar-refractivity contribution >= 4 is 0 Å². The second-order valence-electron chi connectivity index (χ2n) is 3.64. The molecule has 1 saturated heterocycles. The fourth-order valence-electron chi connectivity index (χ4n) is 1.75. The summed E-state index contributed by atoms with van der Waals surface area (Å²) in [5.41, 5.74) is 1.93. The molecule has 76 valence electrons. The predicted molar refractivity (Wildman–Crippen MR) is 52.7 cm³/mol. The maximum absolute atomic E-state index is 13.1. The average molecular weight is 195 g/mol. The van der Waals surface area contributed by atoms with Gasteiger partial charge < -0.3 is 10.1 Å². The van der Waals surface area contributed by atoms with E-state index in [0.29, 0.717) is 6.61 Å². The zero-order chi connectivity index (χ0) is 9.97. The van der Waals surface area contributed by atoms with Gasteiger partial charge in [-0.1, -0.05) is 6.07 Å². The third kappa shape index (κ3) is 2.11. The van der Waals surface area contributed by atoms with E-state index in [4.69, 9.17) is 4.74 Å². The third-order valence-electron chi connectivity index (χ3n) is 2.39. The van der Waals surface area contributed by atoms with Crippen molar-refractivity contribution in [2.45, 2.75) is 13.0 Å². The minimum atomic E-state index is -0.174. The Kier molecular flexibility index (Phi) is 2.79. The lowest BCUT2D eigenvalue weighted by Gasteiger charge is -2.24. The van der Waals surface area contributed by atoms with Gasteiger partial charge in [-0.3, -0.25) is 0 Å². The van der Waals surface area contributed by atoms with Crippen LogP contribution in [-0.2, 0) is 4.74 Å². The molecule has 2 nitrogen and oxygen atoms in total. The Morgan fingerprint density at radius 3 is 2.93 bits per heavy atom. The van der Waals surface area contributed by atoms with E-state index in [0.717, 1.165) is 24.3 Å². The highest BCUT2D eigenvalue weighted by Crippen LogP contribution is 2.18. The first-order valence-corrected chi connectivity index (χ1v) is 4.84. The second-order valence-corrected chi connectivity index (χ2v) is 3.64. The molecule has 0 aromatic heterocycles. The average Bonchev–Trinajstić information content (AvgIpc) is 2.18. The quantitative estimate of drug-likeness (QED) is 0.737. The standard InChI is InChI=1S/C11H14FNO/c1-8-4-9(6-10(12)5-8)11-7-14-3-2-13-11/h4-6,11,13H,2-3,7H2,1H3/t11-/m0/s1. The van der Waals surface area contributed by atoms with Gasteiger partial charge in [-0.25, -0.2) is 4.39 Å². The third-order valence-corrected chi connectivity index (χ3v) is 2.39. The molecular weight excluding hydrogens is 181 g/mol. The van der Waals surface area contributed by atoms with E-state index in [-0.39, 0.29) is 11.9 Å². The highest BCUT2D eigenvalue weighted by atomic mass is 19.1. The fourth-order valence-corrected chi connectivity index (χ4v) is 1.75. The molecule has 1 aliphatic rings. The SMILES string of the molecule is Cc1cc(F)cc([C@@H]2COCCN2)c1. The van der Waals surface area contributed by atoms with Crippen molar-refractivity contribution in [1.29, 1.82) is 0 Å². The highest BCUT2D eigenvalue weighted by molar-refractivity contribution is 5.26. The van der Waals surface area contributed by atoms with E-state index >= 15 is 0 Å². The summed E-state index contributed by atoms with van der Waals surface area (Å²) in [7, 11) is 0. The van der Waals surface area contributed by atoms with E-state index in [1.165, 1.54) is 6.07 Å². The molecule has 0 unspecified atom stereocenters. The predicted octanol–water partition coefficient (Wildman–Crippen LogP) is 1.80. The minimum Gasteiger partial charge on any atom is -0.378 e. The molecule has 0 amide bonds. The van der Waals surface area contributed by atoms with Crippen molar-refractivity contribution in [3.8, 4) is 0 Å². The Bertz CT molecular complexity index is 301. The van der Waals surface area contributed by atoms with Crippen LogP contribution in [0, 0.1) is 12.7 Å². The summed E-state index contributed by atoms with van der Waals surface area (Å²) in [6, 6.07) is 5.24. The lowest BCUT2D eigenvalue weighted by atomic mass is 10.0. The van der Waals surface area contributed by atoms with Crippen LogP contribution >= 0.6 is 0 Å². The van der Waals surface area contributed by atoms with Crippen LogP contribution in [0.15, 0.2) is 18.2 Å². The summed E-state index contributed by atoms with van der Waals surface area (Å²) in [5.74, 6) is -0.174. The monoisotopic (exact) mass is 195 g/mol. The Morgan fingerprint density at radius 2 is 2.29 bits per heavy atom. The van der Waals surface area contributed by atoms with Crippen LogP contribution in [0.2, 0.25) is 0 Å². The first-order valence-electron chi connectivity index (χ1n) is 4.84. The molecule has 1 heterocycles. The lowest BCUT2D eigenvalue weighted by molar-refractivity contribution is 0.0768. The molecule has 0 spiro atoms. The molecule has 1 aromatic carbocycles. The summed E-state index contributed by atoms with van der Waals surface area (Å²) >= 11 is 0. The Balaban J connectivity index is 2.21. The maximum atomic E-state index is 13.1. The number of rotatable bonds is 1. The molecule has 1 N–H and O–H groups in total.